The van der Waals surface area contributed by atoms with E-state index in [0.717, 1.165) is 11.1 Å². The summed E-state index contributed by atoms with van der Waals surface area (Å²) in [5.74, 6) is 0. The number of hydrogen-bond acceptors (Lipinski definition) is 1. The van der Waals surface area contributed by atoms with E-state index in [1.807, 2.05) is 48.5 Å². The molecule has 0 amide bonds. The van der Waals surface area contributed by atoms with Gasteiger partial charge in [-0.2, -0.15) is 0 Å². The molecule has 1 aromatic heterocycles. The van der Waals surface area contributed by atoms with Gasteiger partial charge in [-0.05, 0) is 89.9 Å². The molecule has 0 bridgehead atoms. The minimum Gasteiger partial charge on any atom is -0.456 e. The molecule has 1 heteroatoms. The highest BCUT2D eigenvalue weighted by atomic mass is 16.3. The molecule has 8 aromatic carbocycles. The smallest absolute Gasteiger partial charge is 0.136 e. The minimum absolute atomic E-state index is 0.0139. The van der Waals surface area contributed by atoms with Crippen LogP contribution in [0.1, 0.15) is 20.6 Å². The highest BCUT2D eigenvalue weighted by Gasteiger charge is 2.20. The van der Waals surface area contributed by atoms with Crippen molar-refractivity contribution >= 4 is 54.3 Å². The molecule has 0 saturated carbocycles. The zero-order valence-corrected chi connectivity index (χ0v) is 22.3. The standard InChI is InChI=1S/C42H26O/c1-2-11-27(12-3-1)30-23-24-36-39(26-30)43-38-20-10-19-37(42(36)38)41-34-17-8-6-15-32(34)40(33-16-7-9-18-35(33)41)31-22-21-28-13-4-5-14-29(28)25-31/h1-26H/i4D,5D,6D,7D,8D,9D,13D,14D,15D,16D,17D,18D,21D,22D,25D. The molecule has 9 aromatic rings. The minimum atomic E-state index is -0.741. The van der Waals surface area contributed by atoms with Crippen molar-refractivity contribution < 1.29 is 25.0 Å². The first-order valence-electron chi connectivity index (χ1n) is 21.1. The summed E-state index contributed by atoms with van der Waals surface area (Å²) >= 11 is 0. The summed E-state index contributed by atoms with van der Waals surface area (Å²) in [6.45, 7) is 0. The van der Waals surface area contributed by atoms with Gasteiger partial charge in [-0.1, -0.05) is 133 Å². The van der Waals surface area contributed by atoms with Gasteiger partial charge >= 0.3 is 0 Å². The largest absolute Gasteiger partial charge is 0.456 e. The number of fused-ring (bicyclic) bond motifs is 6. The summed E-state index contributed by atoms with van der Waals surface area (Å²) in [7, 11) is 0. The Morgan fingerprint density at radius 2 is 1.12 bits per heavy atom. The van der Waals surface area contributed by atoms with Crippen LogP contribution in [-0.4, -0.2) is 0 Å². The average molecular weight is 562 g/mol. The van der Waals surface area contributed by atoms with Crippen molar-refractivity contribution in [3.8, 4) is 33.4 Å². The maximum atomic E-state index is 9.44. The molecule has 0 spiro atoms. The molecule has 0 N–H and O–H groups in total. The van der Waals surface area contributed by atoms with Crippen LogP contribution in [0.4, 0.5) is 0 Å². The maximum Gasteiger partial charge on any atom is 0.136 e. The summed E-state index contributed by atoms with van der Waals surface area (Å²) in [6.07, 6.45) is 0. The highest BCUT2D eigenvalue weighted by molar-refractivity contribution is 6.25. The van der Waals surface area contributed by atoms with E-state index in [0.29, 0.717) is 27.5 Å². The van der Waals surface area contributed by atoms with Gasteiger partial charge in [0.15, 0.2) is 0 Å². The van der Waals surface area contributed by atoms with Crippen LogP contribution in [-0.2, 0) is 0 Å². The fraction of sp³-hybridized carbons (Fsp3) is 0. The Kier molecular flexibility index (Phi) is 2.97. The first kappa shape index (κ1) is 13.5. The molecule has 0 radical (unpaired) electrons. The molecule has 0 aliphatic carbocycles. The van der Waals surface area contributed by atoms with Gasteiger partial charge in [-0.15, -0.1) is 0 Å². The third kappa shape index (κ3) is 3.72. The number of benzene rings is 8. The molecule has 0 aliphatic heterocycles. The molecule has 9 rings (SSSR count). The second kappa shape index (κ2) is 9.44. The summed E-state index contributed by atoms with van der Waals surface area (Å²) < 4.78 is 141. The molecular formula is C42H26O. The Hall–Kier alpha value is -5.66. The molecule has 0 atom stereocenters. The van der Waals surface area contributed by atoms with Crippen LogP contribution in [0.25, 0.3) is 87.6 Å². The number of furan rings is 1. The van der Waals surface area contributed by atoms with Gasteiger partial charge in [0.25, 0.3) is 0 Å². The lowest BCUT2D eigenvalue weighted by Gasteiger charge is -2.18. The van der Waals surface area contributed by atoms with E-state index in [2.05, 4.69) is 0 Å². The Balaban J connectivity index is 1.56. The van der Waals surface area contributed by atoms with Crippen LogP contribution < -0.4 is 0 Å². The highest BCUT2D eigenvalue weighted by Crippen LogP contribution is 2.47. The lowest BCUT2D eigenvalue weighted by Crippen LogP contribution is -1.91. The normalized spacial score (nSPS) is 16.6. The van der Waals surface area contributed by atoms with Crippen molar-refractivity contribution in [2.45, 2.75) is 0 Å². The fourth-order valence-corrected chi connectivity index (χ4v) is 5.89. The van der Waals surface area contributed by atoms with Crippen LogP contribution in [0, 0.1) is 0 Å². The zero-order chi connectivity index (χ0) is 41.4. The molecule has 200 valence electrons. The van der Waals surface area contributed by atoms with Crippen LogP contribution in [0.15, 0.2) is 162 Å². The lowest BCUT2D eigenvalue weighted by molar-refractivity contribution is 0.669. The van der Waals surface area contributed by atoms with Gasteiger partial charge in [0.1, 0.15) is 11.2 Å². The predicted octanol–water partition coefficient (Wildman–Crippen LogP) is 12.0. The Bertz CT molecular complexity index is 3260. The first-order valence-corrected chi connectivity index (χ1v) is 13.6. The van der Waals surface area contributed by atoms with Crippen molar-refractivity contribution in [2.75, 3.05) is 0 Å². The molecule has 0 unspecified atom stereocenters. The monoisotopic (exact) mass is 561 g/mol. The van der Waals surface area contributed by atoms with Gasteiger partial charge in [-0.25, -0.2) is 0 Å². The number of hydrogen-bond donors (Lipinski definition) is 0. The third-order valence-corrected chi connectivity index (χ3v) is 7.75. The van der Waals surface area contributed by atoms with Crippen molar-refractivity contribution in [3.05, 3.63) is 157 Å². The van der Waals surface area contributed by atoms with Crippen LogP contribution in [0.2, 0.25) is 0 Å². The van der Waals surface area contributed by atoms with Crippen molar-refractivity contribution in [2.24, 2.45) is 0 Å². The second-order valence-electron chi connectivity index (χ2n) is 10.1. The van der Waals surface area contributed by atoms with Gasteiger partial charge in [-0.3, -0.25) is 0 Å². The maximum absolute atomic E-state index is 9.44. The van der Waals surface area contributed by atoms with Crippen LogP contribution in [0.5, 0.6) is 0 Å². The molecule has 0 saturated heterocycles. The molecule has 0 aliphatic rings. The summed E-state index contributed by atoms with van der Waals surface area (Å²) in [6, 6.07) is 10.2. The van der Waals surface area contributed by atoms with Crippen molar-refractivity contribution in [1.82, 2.24) is 0 Å². The van der Waals surface area contributed by atoms with E-state index in [1.165, 1.54) is 0 Å². The topological polar surface area (TPSA) is 13.1 Å². The van der Waals surface area contributed by atoms with E-state index >= 15 is 0 Å². The van der Waals surface area contributed by atoms with Gasteiger partial charge in [0.2, 0.25) is 0 Å². The van der Waals surface area contributed by atoms with Crippen LogP contribution in [0.3, 0.4) is 0 Å². The van der Waals surface area contributed by atoms with E-state index in [1.54, 1.807) is 18.2 Å². The Morgan fingerprint density at radius 3 is 1.86 bits per heavy atom. The Labute approximate surface area is 270 Å². The fourth-order valence-electron chi connectivity index (χ4n) is 5.89. The van der Waals surface area contributed by atoms with E-state index in [-0.39, 0.29) is 32.7 Å². The third-order valence-electron chi connectivity index (χ3n) is 7.75. The predicted molar refractivity (Wildman–Crippen MR) is 183 cm³/mol. The average Bonchev–Trinajstić information content (AvgIpc) is 3.61. The van der Waals surface area contributed by atoms with Crippen molar-refractivity contribution in [3.63, 3.8) is 0 Å². The van der Waals surface area contributed by atoms with Gasteiger partial charge < -0.3 is 4.42 Å². The lowest BCUT2D eigenvalue weighted by atomic mass is 9.84. The van der Waals surface area contributed by atoms with Crippen molar-refractivity contribution in [1.29, 1.82) is 0 Å². The molecule has 1 nitrogen and oxygen atoms in total. The Morgan fingerprint density at radius 1 is 0.442 bits per heavy atom. The van der Waals surface area contributed by atoms with Gasteiger partial charge in [0, 0.05) is 10.8 Å². The van der Waals surface area contributed by atoms with E-state index < -0.39 is 107 Å². The molecule has 1 heterocycles. The van der Waals surface area contributed by atoms with Crippen LogP contribution >= 0.6 is 0 Å². The zero-order valence-electron chi connectivity index (χ0n) is 37.3. The summed E-state index contributed by atoms with van der Waals surface area (Å²) in [5, 5.41) is -0.742. The van der Waals surface area contributed by atoms with E-state index in [4.69, 9.17) is 16.8 Å². The van der Waals surface area contributed by atoms with Gasteiger partial charge in [0.05, 0.1) is 20.6 Å². The SMILES string of the molecule is [2H]c1c([2H])c([2H])c2c([2H])c(-c3c4c([2H])c([2H])c([2H])c([2H])c4c(-c4cccc5oc6cc(-c7ccccc7)ccc6c45)c4c([2H])c([2H])c([2H])c([2H])c34)c([2H])c([2H])c2c1[2H]. The summed E-state index contributed by atoms with van der Waals surface area (Å²) in [4.78, 5) is 0. The number of rotatable bonds is 3. The first-order chi connectivity index (χ1) is 27.6. The molecule has 0 fully saturated rings. The second-order valence-corrected chi connectivity index (χ2v) is 10.1. The van der Waals surface area contributed by atoms with E-state index in [9.17, 15) is 8.22 Å². The molecular weight excluding hydrogens is 520 g/mol. The quantitative estimate of drug-likeness (QED) is 0.196. The summed E-state index contributed by atoms with van der Waals surface area (Å²) in [5.41, 5.74) is 2.12. The molecule has 43 heavy (non-hydrogen) atoms.